The molecule has 0 bridgehead atoms. The molecule has 0 amide bonds. The molecule has 0 fully saturated rings. The van der Waals surface area contributed by atoms with Crippen molar-refractivity contribution in [1.29, 1.82) is 0 Å². The fourth-order valence-electron chi connectivity index (χ4n) is 2.09. The lowest BCUT2D eigenvalue weighted by molar-refractivity contribution is -0.130. The summed E-state index contributed by atoms with van der Waals surface area (Å²) in [6, 6.07) is 14.0. The Hall–Kier alpha value is -2.83. The zero-order valence-electron chi connectivity index (χ0n) is 17.1. The van der Waals surface area contributed by atoms with Crippen LogP contribution >= 0.6 is 23.5 Å². The van der Waals surface area contributed by atoms with Crippen LogP contribution in [0.2, 0.25) is 0 Å². The molecule has 0 spiro atoms. The number of carbonyl (C=O) groups is 3. The van der Waals surface area contributed by atoms with E-state index in [4.69, 9.17) is 4.74 Å². The normalized spacial score (nSPS) is 11.0. The van der Waals surface area contributed by atoms with Gasteiger partial charge >= 0.3 is 5.97 Å². The molecule has 2 aromatic rings. The van der Waals surface area contributed by atoms with Gasteiger partial charge in [-0.15, -0.1) is 0 Å². The largest absolute Gasteiger partial charge is 0.423 e. The minimum absolute atomic E-state index is 0.0774. The van der Waals surface area contributed by atoms with Crippen molar-refractivity contribution in [3.8, 4) is 5.75 Å². The van der Waals surface area contributed by atoms with Crippen LogP contribution in [-0.2, 0) is 14.4 Å². The lowest BCUT2D eigenvalue weighted by Crippen LogP contribution is -2.09. The number of esters is 1. The highest BCUT2D eigenvalue weighted by molar-refractivity contribution is 8.14. The molecule has 0 aliphatic carbocycles. The Morgan fingerprint density at radius 3 is 1.63 bits per heavy atom. The Morgan fingerprint density at radius 2 is 1.20 bits per heavy atom. The van der Waals surface area contributed by atoms with Crippen LogP contribution in [0.5, 0.6) is 5.75 Å². The van der Waals surface area contributed by atoms with E-state index in [9.17, 15) is 14.4 Å². The summed E-state index contributed by atoms with van der Waals surface area (Å²) in [7, 11) is 0. The number of hydrogen-bond donors (Lipinski definition) is 0. The second-order valence-electron chi connectivity index (χ2n) is 6.60. The molecule has 0 saturated carbocycles. The van der Waals surface area contributed by atoms with Crippen LogP contribution in [0.1, 0.15) is 26.3 Å². The highest BCUT2D eigenvalue weighted by atomic mass is 32.2. The first-order valence-corrected chi connectivity index (χ1v) is 10.6. The van der Waals surface area contributed by atoms with Crippen LogP contribution in [0.15, 0.2) is 88.2 Å². The average molecular weight is 439 g/mol. The summed E-state index contributed by atoms with van der Waals surface area (Å²) in [5, 5.41) is -0.182. The Kier molecular flexibility index (Phi) is 8.45. The van der Waals surface area contributed by atoms with Crippen LogP contribution in [0.25, 0.3) is 6.08 Å². The summed E-state index contributed by atoms with van der Waals surface area (Å²) < 4.78 is 5.38. The van der Waals surface area contributed by atoms with Crippen LogP contribution in [0, 0.1) is 0 Å². The molecule has 0 unspecified atom stereocenters. The van der Waals surface area contributed by atoms with E-state index in [-0.39, 0.29) is 10.2 Å². The van der Waals surface area contributed by atoms with Crippen LogP contribution in [0.4, 0.5) is 0 Å². The van der Waals surface area contributed by atoms with Gasteiger partial charge in [0.15, 0.2) is 0 Å². The molecule has 2 aromatic carbocycles. The van der Waals surface area contributed by atoms with Gasteiger partial charge in [0.25, 0.3) is 0 Å². The molecule has 0 aromatic heterocycles. The monoisotopic (exact) mass is 438 g/mol. The molecule has 30 heavy (non-hydrogen) atoms. The summed E-state index contributed by atoms with van der Waals surface area (Å²) in [5.74, 6) is -0.0748. The minimum Gasteiger partial charge on any atom is -0.423 e. The summed E-state index contributed by atoms with van der Waals surface area (Å²) in [6.07, 6.45) is 1.72. The van der Waals surface area contributed by atoms with E-state index in [0.29, 0.717) is 22.5 Å². The molecule has 0 radical (unpaired) electrons. The van der Waals surface area contributed by atoms with Gasteiger partial charge < -0.3 is 4.74 Å². The standard InChI is InChI=1S/C24H22O4S2/c1-15(2)23(26)29-20-10-6-18(7-11-20)14-17(5)22(25)28-19-8-12-21(13-9-19)30-24(27)16(3)4/h6-14H,1,3H2,2,4-5H3/b17-14+. The summed E-state index contributed by atoms with van der Waals surface area (Å²) in [6.45, 7) is 12.3. The summed E-state index contributed by atoms with van der Waals surface area (Å²) >= 11 is 2.19. The van der Waals surface area contributed by atoms with E-state index in [0.717, 1.165) is 38.9 Å². The van der Waals surface area contributed by atoms with Gasteiger partial charge in [0.05, 0.1) is 0 Å². The number of ether oxygens (including phenoxy) is 1. The van der Waals surface area contributed by atoms with Gasteiger partial charge in [-0.2, -0.15) is 0 Å². The van der Waals surface area contributed by atoms with E-state index < -0.39 is 5.97 Å². The second-order valence-corrected chi connectivity index (χ2v) is 8.69. The number of thioether (sulfide) groups is 2. The molecule has 4 nitrogen and oxygen atoms in total. The molecule has 0 aliphatic rings. The minimum atomic E-state index is -0.468. The third-order valence-electron chi connectivity index (χ3n) is 3.74. The van der Waals surface area contributed by atoms with Gasteiger partial charge in [0, 0.05) is 15.4 Å². The molecule has 6 heteroatoms. The van der Waals surface area contributed by atoms with Gasteiger partial charge in [-0.25, -0.2) is 4.79 Å². The lowest BCUT2D eigenvalue weighted by Gasteiger charge is -2.06. The fourth-order valence-corrected chi connectivity index (χ4v) is 3.41. The molecule has 0 aliphatic heterocycles. The van der Waals surface area contributed by atoms with Crippen molar-refractivity contribution in [1.82, 2.24) is 0 Å². The van der Waals surface area contributed by atoms with E-state index in [1.54, 1.807) is 51.1 Å². The molecule has 154 valence electrons. The SMILES string of the molecule is C=C(C)C(=O)Sc1ccc(/C=C(\C)C(=O)Oc2ccc(SC(=O)C(=C)C)cc2)cc1. The Bertz CT molecular complexity index is 1020. The topological polar surface area (TPSA) is 60.4 Å². The van der Waals surface area contributed by atoms with Crippen molar-refractivity contribution in [2.75, 3.05) is 0 Å². The smallest absolute Gasteiger partial charge is 0.339 e. The Labute approximate surface area is 185 Å². The van der Waals surface area contributed by atoms with Crippen molar-refractivity contribution >= 4 is 45.8 Å². The Balaban J connectivity index is 1.99. The first-order chi connectivity index (χ1) is 14.2. The molecule has 0 heterocycles. The third-order valence-corrected chi connectivity index (χ3v) is 5.82. The van der Waals surface area contributed by atoms with Crippen LogP contribution in [0.3, 0.4) is 0 Å². The lowest BCUT2D eigenvalue weighted by atomic mass is 10.1. The van der Waals surface area contributed by atoms with Crippen LogP contribution < -0.4 is 4.74 Å². The zero-order chi connectivity index (χ0) is 22.3. The summed E-state index contributed by atoms with van der Waals surface area (Å²) in [4.78, 5) is 37.3. The van der Waals surface area contributed by atoms with Crippen molar-refractivity contribution in [3.63, 3.8) is 0 Å². The molecule has 2 rings (SSSR count). The van der Waals surface area contributed by atoms with Crippen molar-refractivity contribution < 1.29 is 19.1 Å². The first kappa shape index (κ1) is 23.4. The molecular formula is C24H22O4S2. The van der Waals surface area contributed by atoms with Crippen molar-refractivity contribution in [2.45, 2.75) is 30.6 Å². The quantitative estimate of drug-likeness (QED) is 0.226. The van der Waals surface area contributed by atoms with E-state index in [1.165, 1.54) is 0 Å². The first-order valence-electron chi connectivity index (χ1n) is 9.01. The van der Waals surface area contributed by atoms with Crippen molar-refractivity contribution in [2.24, 2.45) is 0 Å². The maximum atomic E-state index is 12.3. The van der Waals surface area contributed by atoms with Gasteiger partial charge in [-0.1, -0.05) is 25.3 Å². The van der Waals surface area contributed by atoms with Crippen molar-refractivity contribution in [3.05, 3.63) is 84.0 Å². The second kappa shape index (κ2) is 10.8. The predicted molar refractivity (Wildman–Crippen MR) is 124 cm³/mol. The molecule has 0 N–H and O–H groups in total. The number of carbonyl (C=O) groups excluding carboxylic acids is 3. The van der Waals surface area contributed by atoms with E-state index in [1.807, 2.05) is 24.3 Å². The molecular weight excluding hydrogens is 416 g/mol. The van der Waals surface area contributed by atoms with Gasteiger partial charge in [-0.05, 0) is 103 Å². The maximum Gasteiger partial charge on any atom is 0.339 e. The maximum absolute atomic E-state index is 12.3. The predicted octanol–water partition coefficient (Wildman–Crippen LogP) is 6.09. The van der Waals surface area contributed by atoms with Gasteiger partial charge in [-0.3, -0.25) is 9.59 Å². The zero-order valence-corrected chi connectivity index (χ0v) is 18.7. The average Bonchev–Trinajstić information content (AvgIpc) is 2.70. The molecule has 0 saturated heterocycles. The van der Waals surface area contributed by atoms with Gasteiger partial charge in [0.1, 0.15) is 5.75 Å². The van der Waals surface area contributed by atoms with Crippen LogP contribution in [-0.4, -0.2) is 16.2 Å². The number of rotatable bonds is 7. The fraction of sp³-hybridized carbons (Fsp3) is 0.125. The third kappa shape index (κ3) is 7.21. The van der Waals surface area contributed by atoms with E-state index >= 15 is 0 Å². The molecule has 0 atom stereocenters. The number of hydrogen-bond acceptors (Lipinski definition) is 6. The number of benzene rings is 2. The van der Waals surface area contributed by atoms with E-state index in [2.05, 4.69) is 13.2 Å². The van der Waals surface area contributed by atoms with Gasteiger partial charge in [0.2, 0.25) is 10.2 Å². The highest BCUT2D eigenvalue weighted by Gasteiger charge is 2.10. The highest BCUT2D eigenvalue weighted by Crippen LogP contribution is 2.25. The Morgan fingerprint density at radius 1 is 0.767 bits per heavy atom. The summed E-state index contributed by atoms with van der Waals surface area (Å²) in [5.41, 5.74) is 2.23.